The van der Waals surface area contributed by atoms with Gasteiger partial charge < -0.3 is 15.3 Å². The fourth-order valence-electron chi connectivity index (χ4n) is 1.53. The molecule has 1 aromatic carbocycles. The molecule has 4 heteroatoms. The summed E-state index contributed by atoms with van der Waals surface area (Å²) in [6.45, 7) is 4.82. The SMILES string of the molecule is CCCNc1ccc(C(=O)N(C)C(C)CO)cc1. The lowest BCUT2D eigenvalue weighted by Gasteiger charge is -2.23. The molecule has 0 aliphatic carbocycles. The van der Waals surface area contributed by atoms with Crippen LogP contribution in [-0.4, -0.2) is 42.2 Å². The number of rotatable bonds is 6. The molecule has 1 rings (SSSR count). The zero-order valence-corrected chi connectivity index (χ0v) is 11.3. The highest BCUT2D eigenvalue weighted by molar-refractivity contribution is 5.94. The largest absolute Gasteiger partial charge is 0.394 e. The second-order valence-corrected chi connectivity index (χ2v) is 4.45. The highest BCUT2D eigenvalue weighted by atomic mass is 16.3. The number of benzene rings is 1. The van der Waals surface area contributed by atoms with Crippen LogP contribution in [0, 0.1) is 0 Å². The lowest BCUT2D eigenvalue weighted by atomic mass is 10.1. The van der Waals surface area contributed by atoms with Gasteiger partial charge in [-0.25, -0.2) is 0 Å². The molecular weight excluding hydrogens is 228 g/mol. The molecule has 18 heavy (non-hydrogen) atoms. The van der Waals surface area contributed by atoms with Crippen LogP contribution in [0.3, 0.4) is 0 Å². The zero-order valence-electron chi connectivity index (χ0n) is 11.3. The lowest BCUT2D eigenvalue weighted by molar-refractivity contribution is 0.0682. The van der Waals surface area contributed by atoms with E-state index in [0.717, 1.165) is 18.7 Å². The Hall–Kier alpha value is -1.55. The molecule has 1 atom stereocenters. The molecule has 0 fully saturated rings. The van der Waals surface area contributed by atoms with E-state index in [1.54, 1.807) is 24.1 Å². The quantitative estimate of drug-likeness (QED) is 0.811. The van der Waals surface area contributed by atoms with Crippen LogP contribution < -0.4 is 5.32 Å². The van der Waals surface area contributed by atoms with E-state index in [1.165, 1.54) is 0 Å². The fourth-order valence-corrected chi connectivity index (χ4v) is 1.53. The van der Waals surface area contributed by atoms with Gasteiger partial charge in [-0.3, -0.25) is 4.79 Å². The number of likely N-dealkylation sites (N-methyl/N-ethyl adjacent to an activating group) is 1. The van der Waals surface area contributed by atoms with Crippen molar-refractivity contribution in [1.29, 1.82) is 0 Å². The predicted molar refractivity (Wildman–Crippen MR) is 73.9 cm³/mol. The summed E-state index contributed by atoms with van der Waals surface area (Å²) in [5, 5.41) is 12.3. The van der Waals surface area contributed by atoms with Gasteiger partial charge in [0.25, 0.3) is 5.91 Å². The van der Waals surface area contributed by atoms with Gasteiger partial charge in [-0.05, 0) is 37.6 Å². The molecule has 0 bridgehead atoms. The molecule has 0 heterocycles. The van der Waals surface area contributed by atoms with Gasteiger partial charge in [0.2, 0.25) is 0 Å². The molecule has 0 saturated carbocycles. The summed E-state index contributed by atoms with van der Waals surface area (Å²) in [5.74, 6) is -0.0707. The summed E-state index contributed by atoms with van der Waals surface area (Å²) in [6.07, 6.45) is 1.07. The average Bonchev–Trinajstić information content (AvgIpc) is 2.43. The number of carbonyl (C=O) groups excluding carboxylic acids is 1. The van der Waals surface area contributed by atoms with Crippen LogP contribution in [0.5, 0.6) is 0 Å². The summed E-state index contributed by atoms with van der Waals surface area (Å²) in [7, 11) is 1.70. The van der Waals surface area contributed by atoms with Gasteiger partial charge in [0.05, 0.1) is 12.6 Å². The Labute approximate surface area is 109 Å². The molecule has 0 radical (unpaired) electrons. The third kappa shape index (κ3) is 3.74. The Morgan fingerprint density at radius 3 is 2.50 bits per heavy atom. The first-order chi connectivity index (χ1) is 8.60. The number of aliphatic hydroxyl groups excluding tert-OH is 1. The number of anilines is 1. The monoisotopic (exact) mass is 250 g/mol. The van der Waals surface area contributed by atoms with Gasteiger partial charge in [-0.15, -0.1) is 0 Å². The van der Waals surface area contributed by atoms with Crippen LogP contribution in [0.1, 0.15) is 30.6 Å². The number of aliphatic hydroxyl groups is 1. The summed E-state index contributed by atoms with van der Waals surface area (Å²) in [6, 6.07) is 7.25. The van der Waals surface area contributed by atoms with Gasteiger partial charge in [0.1, 0.15) is 0 Å². The number of hydrogen-bond donors (Lipinski definition) is 2. The predicted octanol–water partition coefficient (Wildman–Crippen LogP) is 1.96. The van der Waals surface area contributed by atoms with E-state index >= 15 is 0 Å². The molecule has 0 spiro atoms. The number of nitrogens with one attached hydrogen (secondary N) is 1. The minimum atomic E-state index is -0.171. The maximum atomic E-state index is 12.1. The van der Waals surface area contributed by atoms with Crippen molar-refractivity contribution in [2.75, 3.05) is 25.5 Å². The molecule has 4 nitrogen and oxygen atoms in total. The average molecular weight is 250 g/mol. The minimum absolute atomic E-state index is 0.0294. The first-order valence-corrected chi connectivity index (χ1v) is 6.32. The van der Waals surface area contributed by atoms with Gasteiger partial charge >= 0.3 is 0 Å². The molecule has 0 saturated heterocycles. The van der Waals surface area contributed by atoms with E-state index < -0.39 is 0 Å². The second-order valence-electron chi connectivity index (χ2n) is 4.45. The van der Waals surface area contributed by atoms with Crippen LogP contribution in [0.25, 0.3) is 0 Å². The van der Waals surface area contributed by atoms with Crippen LogP contribution in [0.15, 0.2) is 24.3 Å². The zero-order chi connectivity index (χ0) is 13.5. The van der Waals surface area contributed by atoms with Crippen LogP contribution in [-0.2, 0) is 0 Å². The van der Waals surface area contributed by atoms with Crippen LogP contribution in [0.2, 0.25) is 0 Å². The van der Waals surface area contributed by atoms with Crippen molar-refractivity contribution in [3.8, 4) is 0 Å². The first kappa shape index (κ1) is 14.5. The van der Waals surface area contributed by atoms with E-state index in [-0.39, 0.29) is 18.6 Å². The van der Waals surface area contributed by atoms with Gasteiger partial charge in [-0.1, -0.05) is 6.92 Å². The Bertz CT molecular complexity index is 376. The van der Waals surface area contributed by atoms with Crippen molar-refractivity contribution in [3.63, 3.8) is 0 Å². The van der Waals surface area contributed by atoms with Crippen LogP contribution in [0.4, 0.5) is 5.69 Å². The minimum Gasteiger partial charge on any atom is -0.394 e. The van der Waals surface area contributed by atoms with Gasteiger partial charge in [0.15, 0.2) is 0 Å². The smallest absolute Gasteiger partial charge is 0.253 e. The van der Waals surface area contributed by atoms with Crippen molar-refractivity contribution >= 4 is 11.6 Å². The summed E-state index contributed by atoms with van der Waals surface area (Å²) >= 11 is 0. The third-order valence-corrected chi connectivity index (χ3v) is 2.96. The Morgan fingerprint density at radius 1 is 1.39 bits per heavy atom. The molecule has 1 amide bonds. The summed E-state index contributed by atoms with van der Waals surface area (Å²) < 4.78 is 0. The Kier molecular flexibility index (Phi) is 5.65. The number of hydrogen-bond acceptors (Lipinski definition) is 3. The van der Waals surface area contributed by atoms with E-state index in [4.69, 9.17) is 5.11 Å². The molecule has 0 aliphatic rings. The highest BCUT2D eigenvalue weighted by Crippen LogP contribution is 2.12. The Morgan fingerprint density at radius 2 is 2.00 bits per heavy atom. The normalized spacial score (nSPS) is 12.0. The van der Waals surface area contributed by atoms with Crippen molar-refractivity contribution in [2.45, 2.75) is 26.3 Å². The first-order valence-electron chi connectivity index (χ1n) is 6.32. The van der Waals surface area contributed by atoms with Crippen molar-refractivity contribution < 1.29 is 9.90 Å². The van der Waals surface area contributed by atoms with E-state index in [1.807, 2.05) is 19.1 Å². The van der Waals surface area contributed by atoms with Crippen molar-refractivity contribution in [1.82, 2.24) is 4.90 Å². The topological polar surface area (TPSA) is 52.6 Å². The summed E-state index contributed by atoms with van der Waals surface area (Å²) in [5.41, 5.74) is 1.66. The highest BCUT2D eigenvalue weighted by Gasteiger charge is 2.16. The third-order valence-electron chi connectivity index (χ3n) is 2.96. The number of carbonyl (C=O) groups is 1. The van der Waals surface area contributed by atoms with Gasteiger partial charge in [-0.2, -0.15) is 0 Å². The number of nitrogens with zero attached hydrogens (tertiary/aromatic N) is 1. The fraction of sp³-hybridized carbons (Fsp3) is 0.500. The molecule has 100 valence electrons. The molecule has 1 unspecified atom stereocenters. The molecule has 0 aromatic heterocycles. The lowest BCUT2D eigenvalue weighted by Crippen LogP contribution is -2.37. The van der Waals surface area contributed by atoms with Gasteiger partial charge in [0, 0.05) is 24.8 Å². The second kappa shape index (κ2) is 7.01. The van der Waals surface area contributed by atoms with E-state index in [0.29, 0.717) is 5.56 Å². The summed E-state index contributed by atoms with van der Waals surface area (Å²) in [4.78, 5) is 13.6. The maximum Gasteiger partial charge on any atom is 0.253 e. The Balaban J connectivity index is 2.69. The van der Waals surface area contributed by atoms with Crippen LogP contribution >= 0.6 is 0 Å². The molecular formula is C14H22N2O2. The van der Waals surface area contributed by atoms with E-state index in [2.05, 4.69) is 12.2 Å². The number of amides is 1. The van der Waals surface area contributed by atoms with Crippen molar-refractivity contribution in [2.24, 2.45) is 0 Å². The molecule has 2 N–H and O–H groups in total. The maximum absolute atomic E-state index is 12.1. The van der Waals surface area contributed by atoms with Crippen molar-refractivity contribution in [3.05, 3.63) is 29.8 Å². The standard InChI is InChI=1S/C14H22N2O2/c1-4-9-15-13-7-5-12(6-8-13)14(18)16(3)11(2)10-17/h5-8,11,15,17H,4,9-10H2,1-3H3. The molecule has 1 aromatic rings. The van der Waals surface area contributed by atoms with E-state index in [9.17, 15) is 4.79 Å². The molecule has 0 aliphatic heterocycles.